The van der Waals surface area contributed by atoms with Crippen LogP contribution in [0.25, 0.3) is 10.8 Å². The summed E-state index contributed by atoms with van der Waals surface area (Å²) in [6.45, 7) is 2.19. The van der Waals surface area contributed by atoms with E-state index in [4.69, 9.17) is 4.74 Å². The van der Waals surface area contributed by atoms with Crippen molar-refractivity contribution in [2.75, 3.05) is 6.61 Å². The number of nitrogens with zero attached hydrogens (tertiary/aromatic N) is 2. The minimum Gasteiger partial charge on any atom is -0.491 e. The van der Waals surface area contributed by atoms with Crippen molar-refractivity contribution < 1.29 is 9.84 Å². The van der Waals surface area contributed by atoms with Gasteiger partial charge in [-0.25, -0.2) is 4.68 Å². The zero-order chi connectivity index (χ0) is 16.2. The average Bonchev–Trinajstić information content (AvgIpc) is 2.57. The highest BCUT2D eigenvalue weighted by Gasteiger charge is 2.10. The number of aromatic nitrogens is 2. The Morgan fingerprint density at radius 1 is 1.17 bits per heavy atom. The lowest BCUT2D eigenvalue weighted by Gasteiger charge is -2.13. The third kappa shape index (κ3) is 3.57. The molecule has 5 heteroatoms. The van der Waals surface area contributed by atoms with E-state index in [2.05, 4.69) is 5.10 Å². The molecule has 0 spiro atoms. The number of fused-ring (bicyclic) bond motifs is 1. The van der Waals surface area contributed by atoms with E-state index < -0.39 is 6.10 Å². The predicted octanol–water partition coefficient (Wildman–Crippen LogP) is 2.14. The molecule has 5 nitrogen and oxygen atoms in total. The highest BCUT2D eigenvalue weighted by atomic mass is 16.5. The monoisotopic (exact) mass is 310 g/mol. The second-order valence-corrected chi connectivity index (χ2v) is 5.50. The maximum absolute atomic E-state index is 12.3. The standard InChI is InChI=1S/C18H18N2O3/c1-13-6-8-16(9-7-13)23-12-15(21)11-20-18(22)17-5-3-2-4-14(17)10-19-20/h2-10,15,21H,11-12H2,1H3. The number of hydrogen-bond donors (Lipinski definition) is 1. The minimum atomic E-state index is -0.817. The van der Waals surface area contributed by atoms with Gasteiger partial charge in [-0.3, -0.25) is 4.79 Å². The van der Waals surface area contributed by atoms with Crippen molar-refractivity contribution in [3.63, 3.8) is 0 Å². The molecule has 0 saturated heterocycles. The van der Waals surface area contributed by atoms with E-state index in [1.54, 1.807) is 12.3 Å². The van der Waals surface area contributed by atoms with Crippen molar-refractivity contribution in [3.8, 4) is 5.75 Å². The molecule has 0 fully saturated rings. The maximum Gasteiger partial charge on any atom is 0.274 e. The summed E-state index contributed by atoms with van der Waals surface area (Å²) in [7, 11) is 0. The Morgan fingerprint density at radius 3 is 2.70 bits per heavy atom. The normalized spacial score (nSPS) is 12.3. The topological polar surface area (TPSA) is 64.3 Å². The summed E-state index contributed by atoms with van der Waals surface area (Å²) < 4.78 is 6.80. The zero-order valence-corrected chi connectivity index (χ0v) is 12.8. The van der Waals surface area contributed by atoms with Crippen LogP contribution in [0.15, 0.2) is 59.5 Å². The Labute approximate surface area is 133 Å². The van der Waals surface area contributed by atoms with E-state index in [0.29, 0.717) is 11.1 Å². The second-order valence-electron chi connectivity index (χ2n) is 5.50. The summed E-state index contributed by atoms with van der Waals surface area (Å²) in [5.41, 5.74) is 0.933. The van der Waals surface area contributed by atoms with Crippen molar-refractivity contribution in [2.24, 2.45) is 0 Å². The number of aryl methyl sites for hydroxylation is 1. The van der Waals surface area contributed by atoms with E-state index in [1.807, 2.05) is 49.4 Å². The highest BCUT2D eigenvalue weighted by Crippen LogP contribution is 2.12. The third-order valence-corrected chi connectivity index (χ3v) is 3.61. The van der Waals surface area contributed by atoms with E-state index in [9.17, 15) is 9.90 Å². The Hall–Kier alpha value is -2.66. The van der Waals surface area contributed by atoms with Crippen LogP contribution in [0.3, 0.4) is 0 Å². The number of benzene rings is 2. The molecule has 23 heavy (non-hydrogen) atoms. The van der Waals surface area contributed by atoms with Crippen LogP contribution in [0.5, 0.6) is 5.75 Å². The average molecular weight is 310 g/mol. The van der Waals surface area contributed by atoms with Gasteiger partial charge in [0.2, 0.25) is 0 Å². The number of aliphatic hydroxyl groups excluding tert-OH is 1. The van der Waals surface area contributed by atoms with Gasteiger partial charge in [-0.2, -0.15) is 5.10 Å². The molecule has 0 amide bonds. The SMILES string of the molecule is Cc1ccc(OCC(O)Cn2ncc3ccccc3c2=O)cc1. The largest absolute Gasteiger partial charge is 0.491 e. The van der Waals surface area contributed by atoms with Gasteiger partial charge in [0.15, 0.2) is 0 Å². The van der Waals surface area contributed by atoms with Crippen LogP contribution in [-0.2, 0) is 6.54 Å². The number of rotatable bonds is 5. The first-order valence-corrected chi connectivity index (χ1v) is 7.46. The van der Waals surface area contributed by atoms with Gasteiger partial charge in [-0.05, 0) is 25.1 Å². The number of aliphatic hydroxyl groups is 1. The Balaban J connectivity index is 1.68. The lowest BCUT2D eigenvalue weighted by atomic mass is 10.2. The van der Waals surface area contributed by atoms with Gasteiger partial charge >= 0.3 is 0 Å². The summed E-state index contributed by atoms with van der Waals surface area (Å²) >= 11 is 0. The Morgan fingerprint density at radius 2 is 1.91 bits per heavy atom. The molecule has 1 unspecified atom stereocenters. The van der Waals surface area contributed by atoms with Gasteiger partial charge in [-0.15, -0.1) is 0 Å². The van der Waals surface area contributed by atoms with E-state index in [1.165, 1.54) is 4.68 Å². The summed E-state index contributed by atoms with van der Waals surface area (Å²) in [5.74, 6) is 0.688. The molecule has 3 rings (SSSR count). The Bertz CT molecular complexity index is 856. The van der Waals surface area contributed by atoms with Gasteiger partial charge in [0.05, 0.1) is 18.1 Å². The number of ether oxygens (including phenoxy) is 1. The third-order valence-electron chi connectivity index (χ3n) is 3.61. The molecular weight excluding hydrogens is 292 g/mol. The van der Waals surface area contributed by atoms with Crippen LogP contribution >= 0.6 is 0 Å². The van der Waals surface area contributed by atoms with Crippen molar-refractivity contribution in [1.29, 1.82) is 0 Å². The molecule has 0 bridgehead atoms. The lowest BCUT2D eigenvalue weighted by molar-refractivity contribution is 0.0881. The molecule has 1 heterocycles. The molecule has 0 aliphatic rings. The summed E-state index contributed by atoms with van der Waals surface area (Å²) in [5, 5.41) is 15.6. The van der Waals surface area contributed by atoms with Crippen LogP contribution < -0.4 is 10.3 Å². The maximum atomic E-state index is 12.3. The van der Waals surface area contributed by atoms with Crippen molar-refractivity contribution in [2.45, 2.75) is 19.6 Å². The first-order chi connectivity index (χ1) is 11.1. The van der Waals surface area contributed by atoms with Crippen LogP contribution in [0, 0.1) is 6.92 Å². The molecule has 1 N–H and O–H groups in total. The van der Waals surface area contributed by atoms with Gasteiger partial charge < -0.3 is 9.84 Å². The molecular formula is C18H18N2O3. The van der Waals surface area contributed by atoms with Crippen molar-refractivity contribution in [1.82, 2.24) is 9.78 Å². The van der Waals surface area contributed by atoms with Crippen molar-refractivity contribution >= 4 is 10.8 Å². The summed E-state index contributed by atoms with van der Waals surface area (Å²) in [6, 6.07) is 14.8. The van der Waals surface area contributed by atoms with Gasteiger partial charge in [0, 0.05) is 5.39 Å². The summed E-state index contributed by atoms with van der Waals surface area (Å²) in [4.78, 5) is 12.3. The zero-order valence-electron chi connectivity index (χ0n) is 12.8. The van der Waals surface area contributed by atoms with Gasteiger partial charge in [0.25, 0.3) is 5.56 Å². The molecule has 118 valence electrons. The fraction of sp³-hybridized carbons (Fsp3) is 0.222. The molecule has 1 aromatic heterocycles. The van der Waals surface area contributed by atoms with E-state index in [0.717, 1.165) is 10.9 Å². The number of hydrogen-bond acceptors (Lipinski definition) is 4. The first-order valence-electron chi connectivity index (χ1n) is 7.46. The lowest BCUT2D eigenvalue weighted by Crippen LogP contribution is -2.31. The predicted molar refractivity (Wildman–Crippen MR) is 88.7 cm³/mol. The van der Waals surface area contributed by atoms with Crippen LogP contribution in [0.4, 0.5) is 0 Å². The molecule has 1 atom stereocenters. The fourth-order valence-electron chi connectivity index (χ4n) is 2.34. The highest BCUT2D eigenvalue weighted by molar-refractivity contribution is 5.80. The van der Waals surface area contributed by atoms with E-state index in [-0.39, 0.29) is 18.7 Å². The molecule has 0 radical (unpaired) electrons. The van der Waals surface area contributed by atoms with E-state index >= 15 is 0 Å². The second kappa shape index (κ2) is 6.62. The van der Waals surface area contributed by atoms with Gasteiger partial charge in [-0.1, -0.05) is 35.9 Å². The molecule has 0 saturated carbocycles. The fourth-order valence-corrected chi connectivity index (χ4v) is 2.34. The molecule has 0 aliphatic carbocycles. The quantitative estimate of drug-likeness (QED) is 0.784. The van der Waals surface area contributed by atoms with Crippen LogP contribution in [-0.4, -0.2) is 27.6 Å². The van der Waals surface area contributed by atoms with Gasteiger partial charge in [0.1, 0.15) is 18.5 Å². The smallest absolute Gasteiger partial charge is 0.274 e. The molecule has 3 aromatic rings. The molecule has 2 aromatic carbocycles. The minimum absolute atomic E-state index is 0.0928. The summed E-state index contributed by atoms with van der Waals surface area (Å²) in [6.07, 6.45) is 0.812. The van der Waals surface area contributed by atoms with Crippen LogP contribution in [0.2, 0.25) is 0 Å². The first kappa shape index (κ1) is 15.2. The van der Waals surface area contributed by atoms with Crippen LogP contribution in [0.1, 0.15) is 5.56 Å². The molecule has 0 aliphatic heterocycles. The Kier molecular flexibility index (Phi) is 4.39. The van der Waals surface area contributed by atoms with Crippen molar-refractivity contribution in [3.05, 3.63) is 70.6 Å².